The van der Waals surface area contributed by atoms with Gasteiger partial charge in [0.1, 0.15) is 11.2 Å². The number of hydrogen-bond donors (Lipinski definition) is 0. The molecule has 5 heteroatoms. The molecular weight excluding hydrogens is 265 g/mol. The first-order valence-corrected chi connectivity index (χ1v) is 5.13. The van der Waals surface area contributed by atoms with Crippen molar-refractivity contribution >= 4 is 21.9 Å². The summed E-state index contributed by atoms with van der Waals surface area (Å²) in [6.07, 6.45) is 2.33. The first-order valence-electron chi connectivity index (χ1n) is 4.33. The Morgan fingerprint density at radius 3 is 2.53 bits per heavy atom. The van der Waals surface area contributed by atoms with E-state index in [1.54, 1.807) is 20.8 Å². The highest BCUT2D eigenvalue weighted by Crippen LogP contribution is 2.21. The molecule has 0 aromatic carbocycles. The minimum Gasteiger partial charge on any atom is -0.456 e. The van der Waals surface area contributed by atoms with Crippen LogP contribution >= 0.6 is 15.9 Å². The molecule has 0 saturated carbocycles. The molecule has 0 unspecified atom stereocenters. The molecule has 0 aliphatic carbocycles. The van der Waals surface area contributed by atoms with E-state index in [1.165, 1.54) is 6.20 Å². The summed E-state index contributed by atoms with van der Waals surface area (Å²) in [5.41, 5.74) is -0.772. The lowest BCUT2D eigenvalue weighted by Gasteiger charge is -2.19. The van der Waals surface area contributed by atoms with E-state index >= 15 is 0 Å². The number of esters is 1. The van der Waals surface area contributed by atoms with Crippen molar-refractivity contribution < 1.29 is 13.9 Å². The Balaban J connectivity index is 3.02. The second kappa shape index (κ2) is 4.26. The van der Waals surface area contributed by atoms with Crippen LogP contribution in [0.4, 0.5) is 4.39 Å². The molecule has 82 valence electrons. The zero-order valence-corrected chi connectivity index (χ0v) is 10.3. The number of nitrogens with zero attached hydrogens (tertiary/aromatic N) is 1. The van der Waals surface area contributed by atoms with Gasteiger partial charge in [-0.1, -0.05) is 0 Å². The van der Waals surface area contributed by atoms with E-state index < -0.39 is 17.4 Å². The fourth-order valence-electron chi connectivity index (χ4n) is 0.935. The molecule has 0 spiro atoms. The third kappa shape index (κ3) is 3.27. The molecule has 0 radical (unpaired) electrons. The summed E-state index contributed by atoms with van der Waals surface area (Å²) in [6.45, 7) is 5.16. The number of hydrogen-bond acceptors (Lipinski definition) is 3. The number of carbonyl (C=O) groups is 1. The van der Waals surface area contributed by atoms with Gasteiger partial charge in [0.25, 0.3) is 0 Å². The quantitative estimate of drug-likeness (QED) is 0.740. The number of carbonyl (C=O) groups excluding carboxylic acids is 1. The summed E-state index contributed by atoms with van der Waals surface area (Å²) in [4.78, 5) is 15.2. The average molecular weight is 276 g/mol. The molecule has 0 aliphatic heterocycles. The predicted octanol–water partition coefficient (Wildman–Crippen LogP) is 2.94. The summed E-state index contributed by atoms with van der Waals surface area (Å²) < 4.78 is 18.6. The molecule has 1 heterocycles. The minimum absolute atomic E-state index is 0.125. The Bertz CT molecular complexity index is 367. The second-order valence-electron chi connectivity index (χ2n) is 3.98. The molecule has 15 heavy (non-hydrogen) atoms. The van der Waals surface area contributed by atoms with Gasteiger partial charge >= 0.3 is 5.97 Å². The van der Waals surface area contributed by atoms with Crippen molar-refractivity contribution in [1.29, 1.82) is 0 Å². The molecule has 0 saturated heterocycles. The van der Waals surface area contributed by atoms with Crippen molar-refractivity contribution in [3.05, 3.63) is 28.2 Å². The molecule has 0 fully saturated rings. The Kier molecular flexibility index (Phi) is 3.44. The fraction of sp³-hybridized carbons (Fsp3) is 0.400. The van der Waals surface area contributed by atoms with Crippen molar-refractivity contribution in [2.24, 2.45) is 0 Å². The van der Waals surface area contributed by atoms with Crippen molar-refractivity contribution in [1.82, 2.24) is 4.98 Å². The van der Waals surface area contributed by atoms with Crippen LogP contribution in [0.25, 0.3) is 0 Å². The lowest BCUT2D eigenvalue weighted by molar-refractivity contribution is 0.00634. The topological polar surface area (TPSA) is 39.2 Å². The van der Waals surface area contributed by atoms with Gasteiger partial charge in [0, 0.05) is 6.20 Å². The highest BCUT2D eigenvalue weighted by atomic mass is 79.9. The van der Waals surface area contributed by atoms with Crippen molar-refractivity contribution in [2.45, 2.75) is 26.4 Å². The molecule has 0 bridgehead atoms. The molecule has 0 N–H and O–H groups in total. The number of halogens is 2. The van der Waals surface area contributed by atoms with Gasteiger partial charge in [0.2, 0.25) is 0 Å². The highest BCUT2D eigenvalue weighted by Gasteiger charge is 2.22. The number of rotatable bonds is 1. The Morgan fingerprint density at radius 2 is 2.07 bits per heavy atom. The van der Waals surface area contributed by atoms with E-state index in [9.17, 15) is 9.18 Å². The van der Waals surface area contributed by atoms with E-state index in [0.717, 1.165) is 6.20 Å². The maximum absolute atomic E-state index is 13.3. The van der Waals surface area contributed by atoms with Crippen molar-refractivity contribution in [2.75, 3.05) is 0 Å². The average Bonchev–Trinajstić information content (AvgIpc) is 1.99. The normalized spacial score (nSPS) is 11.3. The van der Waals surface area contributed by atoms with Gasteiger partial charge < -0.3 is 4.74 Å². The number of ether oxygens (including phenoxy) is 1. The summed E-state index contributed by atoms with van der Waals surface area (Å²) >= 11 is 3.05. The van der Waals surface area contributed by atoms with Crippen LogP contribution in [-0.4, -0.2) is 16.6 Å². The SMILES string of the molecule is CC(C)(C)OC(=O)c1c(F)cncc1Br. The smallest absolute Gasteiger partial charge is 0.342 e. The lowest BCUT2D eigenvalue weighted by Crippen LogP contribution is -2.24. The predicted molar refractivity (Wildman–Crippen MR) is 57.1 cm³/mol. The summed E-state index contributed by atoms with van der Waals surface area (Å²) in [5, 5.41) is 0. The van der Waals surface area contributed by atoms with Crippen LogP contribution in [0.1, 0.15) is 31.1 Å². The summed E-state index contributed by atoms with van der Waals surface area (Å²) in [6, 6.07) is 0. The third-order valence-corrected chi connectivity index (χ3v) is 2.06. The lowest BCUT2D eigenvalue weighted by atomic mass is 10.2. The molecule has 1 rings (SSSR count). The van der Waals surface area contributed by atoms with E-state index in [2.05, 4.69) is 20.9 Å². The van der Waals surface area contributed by atoms with Gasteiger partial charge in [-0.3, -0.25) is 4.98 Å². The van der Waals surface area contributed by atoms with Gasteiger partial charge in [-0.15, -0.1) is 0 Å². The summed E-state index contributed by atoms with van der Waals surface area (Å²) in [5.74, 6) is -1.40. The standard InChI is InChI=1S/C10H11BrFNO2/c1-10(2,3)15-9(14)8-6(11)4-13-5-7(8)12/h4-5H,1-3H3. The Labute approximate surface area is 95.8 Å². The van der Waals surface area contributed by atoms with E-state index in [0.29, 0.717) is 0 Å². The second-order valence-corrected chi connectivity index (χ2v) is 4.83. The maximum Gasteiger partial charge on any atom is 0.342 e. The van der Waals surface area contributed by atoms with Crippen LogP contribution in [0.2, 0.25) is 0 Å². The molecule has 3 nitrogen and oxygen atoms in total. The van der Waals surface area contributed by atoms with Crippen LogP contribution in [-0.2, 0) is 4.74 Å². The van der Waals surface area contributed by atoms with Crippen molar-refractivity contribution in [3.63, 3.8) is 0 Å². The zero-order chi connectivity index (χ0) is 11.6. The molecule has 0 atom stereocenters. The van der Waals surface area contributed by atoms with Gasteiger partial charge in [-0.05, 0) is 36.7 Å². The van der Waals surface area contributed by atoms with Gasteiger partial charge in [0.05, 0.1) is 10.7 Å². The van der Waals surface area contributed by atoms with E-state index in [4.69, 9.17) is 4.74 Å². The van der Waals surface area contributed by atoms with Gasteiger partial charge in [-0.25, -0.2) is 9.18 Å². The molecule has 1 aromatic heterocycles. The van der Waals surface area contributed by atoms with Crippen LogP contribution in [0.3, 0.4) is 0 Å². The first kappa shape index (κ1) is 12.1. The zero-order valence-electron chi connectivity index (χ0n) is 8.67. The van der Waals surface area contributed by atoms with Crippen LogP contribution in [0.5, 0.6) is 0 Å². The number of aromatic nitrogens is 1. The third-order valence-electron chi connectivity index (χ3n) is 1.46. The largest absolute Gasteiger partial charge is 0.456 e. The van der Waals surface area contributed by atoms with Crippen LogP contribution in [0, 0.1) is 5.82 Å². The fourth-order valence-corrected chi connectivity index (χ4v) is 1.40. The maximum atomic E-state index is 13.3. The van der Waals surface area contributed by atoms with Crippen LogP contribution in [0.15, 0.2) is 16.9 Å². The highest BCUT2D eigenvalue weighted by molar-refractivity contribution is 9.10. The molecular formula is C10H11BrFNO2. The number of pyridine rings is 1. The summed E-state index contributed by atoms with van der Waals surface area (Å²) in [7, 11) is 0. The van der Waals surface area contributed by atoms with E-state index in [1.807, 2.05) is 0 Å². The Morgan fingerprint density at radius 1 is 1.47 bits per heavy atom. The van der Waals surface area contributed by atoms with E-state index in [-0.39, 0.29) is 10.0 Å². The first-order chi connectivity index (χ1) is 6.81. The molecule has 0 amide bonds. The molecule has 1 aromatic rings. The Hall–Kier alpha value is -0.970. The minimum atomic E-state index is -0.700. The van der Waals surface area contributed by atoms with Crippen molar-refractivity contribution in [3.8, 4) is 0 Å². The molecule has 0 aliphatic rings. The monoisotopic (exact) mass is 275 g/mol. The van der Waals surface area contributed by atoms with Gasteiger partial charge in [0.15, 0.2) is 5.82 Å². The van der Waals surface area contributed by atoms with Crippen LogP contribution < -0.4 is 0 Å². The van der Waals surface area contributed by atoms with Gasteiger partial charge in [-0.2, -0.15) is 0 Å².